The van der Waals surface area contributed by atoms with Crippen LogP contribution in [0.1, 0.15) is 39.0 Å². The molecule has 7 nitrogen and oxygen atoms in total. The summed E-state index contributed by atoms with van der Waals surface area (Å²) in [4.78, 5) is 36.0. The Bertz CT molecular complexity index is 1110. The fourth-order valence-electron chi connectivity index (χ4n) is 2.97. The molecule has 0 unspecified atom stereocenters. The van der Waals surface area contributed by atoms with Gasteiger partial charge < -0.3 is 9.15 Å². The number of carbonyl (C=O) groups is 3. The molecule has 2 N–H and O–H groups in total. The average molecular weight is 426 g/mol. The molecule has 30 heavy (non-hydrogen) atoms. The minimum absolute atomic E-state index is 0.0368. The van der Waals surface area contributed by atoms with Crippen LogP contribution in [-0.4, -0.2) is 30.5 Å². The van der Waals surface area contributed by atoms with Crippen molar-refractivity contribution in [2.45, 2.75) is 19.6 Å². The van der Waals surface area contributed by atoms with Gasteiger partial charge in [0.05, 0.1) is 12.9 Å². The molecule has 156 valence electrons. The fraction of sp³-hybridized carbons (Fsp3) is 0.227. The first-order valence-electron chi connectivity index (χ1n) is 9.23. The highest BCUT2D eigenvalue weighted by molar-refractivity contribution is 7.99. The van der Waals surface area contributed by atoms with Gasteiger partial charge >= 0.3 is 5.91 Å². The first kappa shape index (κ1) is 21.4. The Hall–Kier alpha value is -3.26. The van der Waals surface area contributed by atoms with Crippen molar-refractivity contribution in [3.63, 3.8) is 0 Å². The van der Waals surface area contributed by atoms with Crippen LogP contribution in [0, 0.1) is 6.92 Å². The number of carbonyl (C=O) groups excluding carboxylic acids is 3. The molecule has 0 bridgehead atoms. The molecule has 3 aromatic rings. The molecule has 2 aromatic carbocycles. The van der Waals surface area contributed by atoms with Gasteiger partial charge in [0.25, 0.3) is 0 Å². The van der Waals surface area contributed by atoms with Crippen LogP contribution in [0.25, 0.3) is 11.0 Å². The zero-order valence-electron chi connectivity index (χ0n) is 16.9. The van der Waals surface area contributed by atoms with Crippen LogP contribution >= 0.6 is 11.8 Å². The van der Waals surface area contributed by atoms with Crippen LogP contribution in [0.4, 0.5) is 0 Å². The molecule has 0 spiro atoms. The molecule has 0 aliphatic carbocycles. The number of hydrogen-bond donors (Lipinski definition) is 2. The van der Waals surface area contributed by atoms with E-state index in [0.29, 0.717) is 28.2 Å². The quantitative estimate of drug-likeness (QED) is 0.442. The zero-order valence-corrected chi connectivity index (χ0v) is 17.7. The summed E-state index contributed by atoms with van der Waals surface area (Å²) < 4.78 is 10.9. The van der Waals surface area contributed by atoms with Gasteiger partial charge in [0.15, 0.2) is 11.5 Å². The average Bonchev–Trinajstić information content (AvgIpc) is 3.08. The Kier molecular flexibility index (Phi) is 6.79. The lowest BCUT2D eigenvalue weighted by Gasteiger charge is -2.10. The van der Waals surface area contributed by atoms with Crippen molar-refractivity contribution >= 4 is 40.3 Å². The maximum Gasteiger partial charge on any atom is 0.305 e. The van der Waals surface area contributed by atoms with Crippen molar-refractivity contribution in [1.29, 1.82) is 0 Å². The summed E-state index contributed by atoms with van der Waals surface area (Å²) in [6.45, 7) is 3.29. The van der Waals surface area contributed by atoms with Gasteiger partial charge in [-0.25, -0.2) is 0 Å². The van der Waals surface area contributed by atoms with Crippen LogP contribution < -0.4 is 15.6 Å². The Labute approximate surface area is 178 Å². The van der Waals surface area contributed by atoms with E-state index >= 15 is 0 Å². The summed E-state index contributed by atoms with van der Waals surface area (Å²) in [5.74, 6) is 0.504. The smallest absolute Gasteiger partial charge is 0.305 e. The monoisotopic (exact) mass is 426 g/mol. The van der Waals surface area contributed by atoms with E-state index in [1.165, 1.54) is 18.7 Å². The van der Waals surface area contributed by atoms with Gasteiger partial charge in [-0.15, -0.1) is 11.8 Å². The summed E-state index contributed by atoms with van der Waals surface area (Å²) in [5.41, 5.74) is 7.51. The van der Waals surface area contributed by atoms with Crippen LogP contribution in [0.2, 0.25) is 0 Å². The molecular weight excluding hydrogens is 404 g/mol. The van der Waals surface area contributed by atoms with E-state index in [2.05, 4.69) is 10.9 Å². The number of fused-ring (bicyclic) bond motifs is 1. The van der Waals surface area contributed by atoms with E-state index in [1.807, 2.05) is 18.2 Å². The lowest BCUT2D eigenvalue weighted by Crippen LogP contribution is -2.42. The van der Waals surface area contributed by atoms with Gasteiger partial charge in [-0.2, -0.15) is 0 Å². The van der Waals surface area contributed by atoms with Crippen molar-refractivity contribution in [2.75, 3.05) is 12.9 Å². The standard InChI is InChI=1S/C22H22N2O5S/c1-13-17-6-4-5-7-19(17)29-21(13)22(27)24-23-20(26)12-30-11-16-10-15(14(2)25)8-9-18(16)28-3/h4-10H,11-12H2,1-3H3,(H,23,26)(H,24,27). The lowest BCUT2D eigenvalue weighted by molar-refractivity contribution is -0.119. The number of benzene rings is 2. The van der Waals surface area contributed by atoms with E-state index in [9.17, 15) is 14.4 Å². The summed E-state index contributed by atoms with van der Waals surface area (Å²) in [5, 5.41) is 0.853. The Morgan fingerprint density at radius 3 is 2.57 bits per heavy atom. The van der Waals surface area contributed by atoms with Crippen LogP contribution in [0.15, 0.2) is 46.9 Å². The molecule has 3 rings (SSSR count). The number of hydrazine groups is 1. The minimum atomic E-state index is -0.516. The van der Waals surface area contributed by atoms with Crippen LogP contribution in [0.5, 0.6) is 5.75 Å². The third-order valence-electron chi connectivity index (χ3n) is 4.54. The Morgan fingerprint density at radius 2 is 1.87 bits per heavy atom. The molecule has 0 radical (unpaired) electrons. The Morgan fingerprint density at radius 1 is 1.10 bits per heavy atom. The SMILES string of the molecule is COc1ccc(C(C)=O)cc1CSCC(=O)NNC(=O)c1oc2ccccc2c1C. The number of aryl methyl sites for hydroxylation is 1. The number of para-hydroxylation sites is 1. The van der Waals surface area contributed by atoms with Crippen molar-refractivity contribution in [2.24, 2.45) is 0 Å². The second kappa shape index (κ2) is 9.49. The number of Topliss-reactive ketones (excluding diaryl/α,β-unsaturated/α-hetero) is 1. The molecule has 2 amide bonds. The number of thioether (sulfide) groups is 1. The van der Waals surface area contributed by atoms with Gasteiger partial charge in [-0.3, -0.25) is 25.2 Å². The number of nitrogens with one attached hydrogen (secondary N) is 2. The first-order chi connectivity index (χ1) is 14.4. The number of ether oxygens (including phenoxy) is 1. The maximum absolute atomic E-state index is 12.3. The summed E-state index contributed by atoms with van der Waals surface area (Å²) in [6, 6.07) is 12.6. The number of furan rings is 1. The predicted octanol–water partition coefficient (Wildman–Crippen LogP) is 3.65. The molecule has 0 aliphatic rings. The van der Waals surface area contributed by atoms with Crippen molar-refractivity contribution in [1.82, 2.24) is 10.9 Å². The van der Waals surface area contributed by atoms with Gasteiger partial charge in [0.1, 0.15) is 11.3 Å². The second-order valence-corrected chi connectivity index (χ2v) is 7.62. The van der Waals surface area contributed by atoms with Crippen molar-refractivity contribution in [3.8, 4) is 5.75 Å². The van der Waals surface area contributed by atoms with Crippen molar-refractivity contribution < 1.29 is 23.5 Å². The number of hydrogen-bond acceptors (Lipinski definition) is 6. The number of rotatable bonds is 7. The topological polar surface area (TPSA) is 97.6 Å². The van der Waals surface area contributed by atoms with E-state index in [-0.39, 0.29) is 23.2 Å². The maximum atomic E-state index is 12.3. The number of amides is 2. The third-order valence-corrected chi connectivity index (χ3v) is 5.52. The molecular formula is C22H22N2O5S. The highest BCUT2D eigenvalue weighted by Gasteiger charge is 2.18. The summed E-state index contributed by atoms with van der Waals surface area (Å²) >= 11 is 1.34. The highest BCUT2D eigenvalue weighted by Crippen LogP contribution is 2.25. The lowest BCUT2D eigenvalue weighted by atomic mass is 10.1. The van der Waals surface area contributed by atoms with E-state index in [0.717, 1.165) is 10.9 Å². The second-order valence-electron chi connectivity index (χ2n) is 6.63. The summed E-state index contributed by atoms with van der Waals surface area (Å²) in [7, 11) is 1.55. The van der Waals surface area contributed by atoms with Crippen LogP contribution in [0.3, 0.4) is 0 Å². The third kappa shape index (κ3) is 4.83. The molecule has 0 aliphatic heterocycles. The fourth-order valence-corrected chi connectivity index (χ4v) is 3.78. The van der Waals surface area contributed by atoms with E-state index < -0.39 is 5.91 Å². The first-order valence-corrected chi connectivity index (χ1v) is 10.4. The molecule has 0 saturated carbocycles. The normalized spacial score (nSPS) is 10.6. The van der Waals surface area contributed by atoms with Gasteiger partial charge in [-0.1, -0.05) is 18.2 Å². The molecule has 1 heterocycles. The zero-order chi connectivity index (χ0) is 21.7. The number of methoxy groups -OCH3 is 1. The summed E-state index contributed by atoms with van der Waals surface area (Å²) in [6.07, 6.45) is 0. The largest absolute Gasteiger partial charge is 0.496 e. The van der Waals surface area contributed by atoms with Gasteiger partial charge in [-0.05, 0) is 38.1 Å². The molecule has 8 heteroatoms. The van der Waals surface area contributed by atoms with Crippen molar-refractivity contribution in [3.05, 3.63) is 64.9 Å². The molecule has 0 saturated heterocycles. The highest BCUT2D eigenvalue weighted by atomic mass is 32.2. The number of ketones is 1. The predicted molar refractivity (Wildman–Crippen MR) is 116 cm³/mol. The van der Waals surface area contributed by atoms with E-state index in [4.69, 9.17) is 9.15 Å². The molecule has 0 fully saturated rings. The van der Waals surface area contributed by atoms with Gasteiger partial charge in [0.2, 0.25) is 5.91 Å². The van der Waals surface area contributed by atoms with Crippen LogP contribution in [-0.2, 0) is 10.5 Å². The molecule has 1 aromatic heterocycles. The molecule has 0 atom stereocenters. The Balaban J connectivity index is 1.53. The minimum Gasteiger partial charge on any atom is -0.496 e. The van der Waals surface area contributed by atoms with Gasteiger partial charge in [0, 0.05) is 27.8 Å². The van der Waals surface area contributed by atoms with E-state index in [1.54, 1.807) is 38.3 Å².